The van der Waals surface area contributed by atoms with Gasteiger partial charge >= 0.3 is 12.1 Å². The zero-order valence-corrected chi connectivity index (χ0v) is 16.1. The Balaban J connectivity index is 0.000000370. The molecule has 1 aliphatic carbocycles. The fourth-order valence-corrected chi connectivity index (χ4v) is 3.75. The molecule has 0 spiro atoms. The van der Waals surface area contributed by atoms with Crippen LogP contribution in [0.5, 0.6) is 0 Å². The van der Waals surface area contributed by atoms with Gasteiger partial charge < -0.3 is 15.3 Å². The Bertz CT molecular complexity index is 726. The predicted molar refractivity (Wildman–Crippen MR) is 96.8 cm³/mol. The largest absolute Gasteiger partial charge is 0.490 e. The summed E-state index contributed by atoms with van der Waals surface area (Å²) in [6, 6.07) is 3.79. The molecular weight excluding hydrogens is 391 g/mol. The first-order chi connectivity index (χ1) is 13.5. The molecule has 2 amide bonds. The average molecular weight is 415 g/mol. The van der Waals surface area contributed by atoms with Gasteiger partial charge in [0.2, 0.25) is 5.91 Å². The van der Waals surface area contributed by atoms with Crippen molar-refractivity contribution in [3.05, 3.63) is 30.1 Å². The van der Waals surface area contributed by atoms with E-state index in [0.29, 0.717) is 17.4 Å². The lowest BCUT2D eigenvalue weighted by Crippen LogP contribution is -2.36. The number of carbonyl (C=O) groups excluding carboxylic acids is 2. The lowest BCUT2D eigenvalue weighted by Gasteiger charge is -2.19. The zero-order chi connectivity index (χ0) is 21.8. The third-order valence-corrected chi connectivity index (χ3v) is 4.99. The molecule has 1 aromatic heterocycles. The number of carboxylic acid groups (broad SMARTS) is 1. The van der Waals surface area contributed by atoms with Gasteiger partial charge in [0.15, 0.2) is 0 Å². The number of halogens is 3. The SMILES string of the molecule is CC(C)NC(=O)C1C[C@@H]2CN(C(=O)c3cccnc3)C[C@@H]2C1.O=C(O)C(F)(F)F. The normalized spacial score (nSPS) is 23.2. The van der Waals surface area contributed by atoms with Gasteiger partial charge in [0.1, 0.15) is 0 Å². The number of nitrogens with one attached hydrogen (secondary N) is 1. The molecule has 160 valence electrons. The number of aliphatic carboxylic acids is 1. The Morgan fingerprint density at radius 3 is 2.17 bits per heavy atom. The van der Waals surface area contributed by atoms with Crippen molar-refractivity contribution in [1.82, 2.24) is 15.2 Å². The van der Waals surface area contributed by atoms with Crippen LogP contribution in [0.25, 0.3) is 0 Å². The van der Waals surface area contributed by atoms with Gasteiger partial charge in [0.25, 0.3) is 5.91 Å². The van der Waals surface area contributed by atoms with Crippen LogP contribution in [0.2, 0.25) is 0 Å². The number of aromatic nitrogens is 1. The molecule has 10 heteroatoms. The summed E-state index contributed by atoms with van der Waals surface area (Å²) in [5.41, 5.74) is 0.650. The molecule has 0 radical (unpaired) electrons. The molecule has 1 unspecified atom stereocenters. The summed E-state index contributed by atoms with van der Waals surface area (Å²) in [4.78, 5) is 39.4. The van der Waals surface area contributed by atoms with Crippen LogP contribution >= 0.6 is 0 Å². The van der Waals surface area contributed by atoms with Crippen LogP contribution in [-0.2, 0) is 9.59 Å². The molecule has 2 N–H and O–H groups in total. The van der Waals surface area contributed by atoms with Crippen LogP contribution in [0.15, 0.2) is 24.5 Å². The van der Waals surface area contributed by atoms with Gasteiger partial charge in [-0.1, -0.05) is 0 Å². The number of carboxylic acids is 1. The van der Waals surface area contributed by atoms with E-state index in [2.05, 4.69) is 10.3 Å². The molecule has 29 heavy (non-hydrogen) atoms. The topological polar surface area (TPSA) is 99.6 Å². The molecule has 1 aliphatic heterocycles. The third-order valence-electron chi connectivity index (χ3n) is 4.99. The Morgan fingerprint density at radius 1 is 1.21 bits per heavy atom. The molecule has 1 saturated carbocycles. The van der Waals surface area contributed by atoms with Crippen LogP contribution in [-0.4, -0.2) is 58.1 Å². The first-order valence-electron chi connectivity index (χ1n) is 9.28. The second-order valence-corrected chi connectivity index (χ2v) is 7.61. The minimum atomic E-state index is -5.08. The Morgan fingerprint density at radius 2 is 1.76 bits per heavy atom. The summed E-state index contributed by atoms with van der Waals surface area (Å²) < 4.78 is 31.7. The van der Waals surface area contributed by atoms with Crippen LogP contribution in [0.3, 0.4) is 0 Å². The van der Waals surface area contributed by atoms with E-state index in [1.54, 1.807) is 18.5 Å². The molecule has 2 aliphatic rings. The number of nitrogens with zero attached hydrogens (tertiary/aromatic N) is 2. The van der Waals surface area contributed by atoms with Crippen molar-refractivity contribution in [3.63, 3.8) is 0 Å². The monoisotopic (exact) mass is 415 g/mol. The molecule has 7 nitrogen and oxygen atoms in total. The summed E-state index contributed by atoms with van der Waals surface area (Å²) in [6.45, 7) is 5.51. The van der Waals surface area contributed by atoms with E-state index in [1.165, 1.54) is 0 Å². The summed E-state index contributed by atoms with van der Waals surface area (Å²) >= 11 is 0. The van der Waals surface area contributed by atoms with Crippen LogP contribution < -0.4 is 5.32 Å². The molecule has 1 saturated heterocycles. The number of rotatable bonds is 3. The highest BCUT2D eigenvalue weighted by molar-refractivity contribution is 5.94. The highest BCUT2D eigenvalue weighted by Crippen LogP contribution is 2.42. The molecule has 2 heterocycles. The van der Waals surface area contributed by atoms with Crippen molar-refractivity contribution in [2.75, 3.05) is 13.1 Å². The van der Waals surface area contributed by atoms with Crippen LogP contribution in [0.4, 0.5) is 13.2 Å². The van der Waals surface area contributed by atoms with Crippen molar-refractivity contribution in [3.8, 4) is 0 Å². The lowest BCUT2D eigenvalue weighted by atomic mass is 10.0. The third kappa shape index (κ3) is 6.16. The van der Waals surface area contributed by atoms with E-state index in [4.69, 9.17) is 9.90 Å². The maximum Gasteiger partial charge on any atom is 0.490 e. The number of hydrogen-bond acceptors (Lipinski definition) is 4. The maximum atomic E-state index is 12.4. The average Bonchev–Trinajstić information content (AvgIpc) is 3.20. The van der Waals surface area contributed by atoms with E-state index in [0.717, 1.165) is 25.9 Å². The Hall–Kier alpha value is -2.65. The summed E-state index contributed by atoms with van der Waals surface area (Å²) in [5, 5.41) is 10.1. The van der Waals surface area contributed by atoms with Crippen molar-refractivity contribution in [2.24, 2.45) is 17.8 Å². The Kier molecular flexibility index (Phi) is 7.21. The summed E-state index contributed by atoms with van der Waals surface area (Å²) in [6.07, 6.45) is 0.0167. The van der Waals surface area contributed by atoms with Crippen molar-refractivity contribution >= 4 is 17.8 Å². The van der Waals surface area contributed by atoms with Gasteiger partial charge in [-0.3, -0.25) is 14.6 Å². The minimum Gasteiger partial charge on any atom is -0.475 e. The number of carbonyl (C=O) groups is 3. The van der Waals surface area contributed by atoms with Gasteiger partial charge in [0.05, 0.1) is 5.56 Å². The van der Waals surface area contributed by atoms with Gasteiger partial charge in [-0.15, -0.1) is 0 Å². The Labute approximate surface area is 166 Å². The van der Waals surface area contributed by atoms with Crippen LogP contribution in [0.1, 0.15) is 37.0 Å². The highest BCUT2D eigenvalue weighted by Gasteiger charge is 2.44. The molecule has 0 bridgehead atoms. The number of pyridine rings is 1. The van der Waals surface area contributed by atoms with Gasteiger partial charge in [0, 0.05) is 37.4 Å². The first kappa shape index (κ1) is 22.6. The maximum absolute atomic E-state index is 12.4. The number of hydrogen-bond donors (Lipinski definition) is 2. The van der Waals surface area contributed by atoms with E-state index in [-0.39, 0.29) is 23.8 Å². The van der Waals surface area contributed by atoms with E-state index in [9.17, 15) is 22.8 Å². The van der Waals surface area contributed by atoms with Crippen molar-refractivity contribution in [1.29, 1.82) is 0 Å². The number of likely N-dealkylation sites (tertiary alicyclic amines) is 1. The predicted octanol–water partition coefficient (Wildman–Crippen LogP) is 2.34. The van der Waals surface area contributed by atoms with Crippen molar-refractivity contribution < 1.29 is 32.7 Å². The number of amides is 2. The van der Waals surface area contributed by atoms with Gasteiger partial charge in [-0.25, -0.2) is 4.79 Å². The molecule has 1 aromatic rings. The molecule has 2 fully saturated rings. The van der Waals surface area contributed by atoms with E-state index < -0.39 is 12.1 Å². The zero-order valence-electron chi connectivity index (χ0n) is 16.1. The smallest absolute Gasteiger partial charge is 0.475 e. The quantitative estimate of drug-likeness (QED) is 0.790. The number of alkyl halides is 3. The van der Waals surface area contributed by atoms with Gasteiger partial charge in [-0.05, 0) is 50.7 Å². The second-order valence-electron chi connectivity index (χ2n) is 7.61. The second kappa shape index (κ2) is 9.23. The summed E-state index contributed by atoms with van der Waals surface area (Å²) in [7, 11) is 0. The fraction of sp³-hybridized carbons (Fsp3) is 0.579. The molecule has 3 atom stereocenters. The lowest BCUT2D eigenvalue weighted by molar-refractivity contribution is -0.192. The first-order valence-corrected chi connectivity index (χ1v) is 9.28. The van der Waals surface area contributed by atoms with E-state index in [1.807, 2.05) is 24.8 Å². The molecular formula is C19H24F3N3O4. The number of fused-ring (bicyclic) bond motifs is 1. The minimum absolute atomic E-state index is 0.0608. The summed E-state index contributed by atoms with van der Waals surface area (Å²) in [5.74, 6) is -1.48. The standard InChI is InChI=1S/C17H23N3O2.C2HF3O2/c1-11(2)19-16(21)13-6-14-9-20(10-15(14)7-13)17(22)12-4-3-5-18-8-12;3-2(4,5)1(6)7/h3-5,8,11,13-15H,6-7,9-10H2,1-2H3,(H,19,21);(H,6,7)/t13?,14-,15+;. The van der Waals surface area contributed by atoms with E-state index >= 15 is 0 Å². The highest BCUT2D eigenvalue weighted by atomic mass is 19.4. The van der Waals surface area contributed by atoms with Crippen LogP contribution in [0, 0.1) is 17.8 Å². The molecule has 0 aromatic carbocycles. The van der Waals surface area contributed by atoms with Crippen molar-refractivity contribution in [2.45, 2.75) is 38.9 Å². The van der Waals surface area contributed by atoms with Gasteiger partial charge in [-0.2, -0.15) is 13.2 Å². The molecule has 3 rings (SSSR count). The fourth-order valence-electron chi connectivity index (χ4n) is 3.75.